The molecule has 2 N–H and O–H groups in total. The number of nitrogens with two attached hydrogens (primary N) is 1. The van der Waals surface area contributed by atoms with E-state index in [2.05, 4.69) is 19.1 Å². The van der Waals surface area contributed by atoms with Gasteiger partial charge in [-0.05, 0) is 32.1 Å². The minimum absolute atomic E-state index is 0.163. The van der Waals surface area contributed by atoms with Crippen LogP contribution in [0.4, 0.5) is 0 Å². The first-order valence-corrected chi connectivity index (χ1v) is 8.20. The number of carbonyl (C=O) groups is 1. The molecule has 0 bridgehead atoms. The number of carbonyl (C=O) groups excluding carboxylic acids is 1. The van der Waals surface area contributed by atoms with Gasteiger partial charge >= 0.3 is 0 Å². The summed E-state index contributed by atoms with van der Waals surface area (Å²) in [4.78, 5) is 10.5. The van der Waals surface area contributed by atoms with Crippen LogP contribution in [0.1, 0.15) is 90.4 Å². The minimum Gasteiger partial charge on any atom is -0.370 e. The van der Waals surface area contributed by atoms with Gasteiger partial charge in [0.05, 0.1) is 0 Å². The molecule has 0 spiro atoms. The van der Waals surface area contributed by atoms with Crippen LogP contribution < -0.4 is 5.73 Å². The lowest BCUT2D eigenvalue weighted by molar-refractivity contribution is -0.118. The van der Waals surface area contributed by atoms with Crippen molar-refractivity contribution >= 4 is 5.91 Å². The highest BCUT2D eigenvalue weighted by molar-refractivity contribution is 5.73. The Morgan fingerprint density at radius 3 is 1.79 bits per heavy atom. The molecule has 112 valence electrons. The van der Waals surface area contributed by atoms with Crippen LogP contribution in [0.5, 0.6) is 0 Å². The number of rotatable bonds is 14. The van der Waals surface area contributed by atoms with E-state index in [1.807, 2.05) is 0 Å². The van der Waals surface area contributed by atoms with E-state index in [1.165, 1.54) is 64.2 Å². The van der Waals surface area contributed by atoms with E-state index in [0.717, 1.165) is 12.8 Å². The highest BCUT2D eigenvalue weighted by Crippen LogP contribution is 2.09. The topological polar surface area (TPSA) is 43.1 Å². The second kappa shape index (κ2) is 15.3. The molecule has 0 aliphatic carbocycles. The zero-order valence-electron chi connectivity index (χ0n) is 12.8. The number of allylic oxidation sites excluding steroid dienone is 2. The fourth-order valence-corrected chi connectivity index (χ4v) is 2.19. The van der Waals surface area contributed by atoms with Gasteiger partial charge in [-0.3, -0.25) is 4.79 Å². The van der Waals surface area contributed by atoms with E-state index in [0.29, 0.717) is 6.42 Å². The Kier molecular flexibility index (Phi) is 14.6. The molecule has 0 unspecified atom stereocenters. The Hall–Kier alpha value is -0.790. The lowest BCUT2D eigenvalue weighted by Crippen LogP contribution is -2.09. The highest BCUT2D eigenvalue weighted by atomic mass is 16.1. The molecule has 0 saturated heterocycles. The van der Waals surface area contributed by atoms with Crippen molar-refractivity contribution < 1.29 is 4.79 Å². The minimum atomic E-state index is -0.163. The zero-order chi connectivity index (χ0) is 14.2. The molecule has 0 heterocycles. The molecule has 2 heteroatoms. The van der Waals surface area contributed by atoms with Gasteiger partial charge in [-0.2, -0.15) is 0 Å². The van der Waals surface area contributed by atoms with Crippen LogP contribution >= 0.6 is 0 Å². The van der Waals surface area contributed by atoms with E-state index in [9.17, 15) is 4.79 Å². The van der Waals surface area contributed by atoms with E-state index in [-0.39, 0.29) is 5.91 Å². The zero-order valence-corrected chi connectivity index (χ0v) is 12.8. The monoisotopic (exact) mass is 267 g/mol. The summed E-state index contributed by atoms with van der Waals surface area (Å²) in [6.45, 7) is 2.25. The highest BCUT2D eigenvalue weighted by Gasteiger charge is 1.94. The van der Waals surface area contributed by atoms with Gasteiger partial charge in [0.2, 0.25) is 5.91 Å². The first-order valence-electron chi connectivity index (χ1n) is 8.20. The van der Waals surface area contributed by atoms with Crippen LogP contribution in [0.2, 0.25) is 0 Å². The molecule has 0 aliphatic heterocycles. The molecular formula is C17H33NO. The van der Waals surface area contributed by atoms with E-state index < -0.39 is 0 Å². The van der Waals surface area contributed by atoms with Crippen LogP contribution in [-0.4, -0.2) is 5.91 Å². The maximum Gasteiger partial charge on any atom is 0.217 e. The summed E-state index contributed by atoms with van der Waals surface area (Å²) in [5.74, 6) is -0.163. The molecule has 0 aliphatic rings. The Balaban J connectivity index is 3.05. The third-order valence-electron chi connectivity index (χ3n) is 3.43. The summed E-state index contributed by atoms with van der Waals surface area (Å²) in [5.41, 5.74) is 5.09. The molecule has 0 radical (unpaired) electrons. The van der Waals surface area contributed by atoms with E-state index in [1.54, 1.807) is 0 Å². The van der Waals surface area contributed by atoms with Crippen molar-refractivity contribution in [1.82, 2.24) is 0 Å². The first kappa shape index (κ1) is 18.2. The van der Waals surface area contributed by atoms with Gasteiger partial charge in [-0.15, -0.1) is 0 Å². The van der Waals surface area contributed by atoms with Crippen molar-refractivity contribution in [2.24, 2.45) is 5.73 Å². The van der Waals surface area contributed by atoms with Crippen LogP contribution in [0.15, 0.2) is 12.2 Å². The maximum atomic E-state index is 10.5. The van der Waals surface area contributed by atoms with Gasteiger partial charge in [0, 0.05) is 6.42 Å². The molecule has 0 atom stereocenters. The molecule has 2 nitrogen and oxygen atoms in total. The normalized spacial score (nSPS) is 11.2. The average molecular weight is 267 g/mol. The van der Waals surface area contributed by atoms with Crippen molar-refractivity contribution in [3.63, 3.8) is 0 Å². The standard InChI is InChI=1S/C17H33NO/c1-2-3-4-5-6-7-8-9-10-11-12-13-14-15-16-17(18)19/h7-8H,2-6,9-16H2,1H3,(H2,18,19)/b8-7+. The number of amides is 1. The fraction of sp³-hybridized carbons (Fsp3) is 0.824. The molecule has 0 aromatic carbocycles. The first-order chi connectivity index (χ1) is 9.27. The van der Waals surface area contributed by atoms with Gasteiger partial charge in [-0.25, -0.2) is 0 Å². The SMILES string of the molecule is CCCCCC/C=C/CCCCCCCCC(N)=O. The number of hydrogen-bond acceptors (Lipinski definition) is 1. The maximum absolute atomic E-state index is 10.5. The van der Waals surface area contributed by atoms with Crippen LogP contribution in [0.3, 0.4) is 0 Å². The molecule has 0 saturated carbocycles. The quantitative estimate of drug-likeness (QED) is 0.344. The molecule has 0 aromatic heterocycles. The predicted molar refractivity (Wildman–Crippen MR) is 84.0 cm³/mol. The van der Waals surface area contributed by atoms with Gasteiger partial charge in [-0.1, -0.05) is 64.0 Å². The smallest absolute Gasteiger partial charge is 0.217 e. The summed E-state index contributed by atoms with van der Waals surface area (Å²) in [7, 11) is 0. The van der Waals surface area contributed by atoms with Gasteiger partial charge in [0.1, 0.15) is 0 Å². The summed E-state index contributed by atoms with van der Waals surface area (Å²) in [5, 5.41) is 0. The second-order valence-corrected chi connectivity index (χ2v) is 5.45. The van der Waals surface area contributed by atoms with E-state index in [4.69, 9.17) is 5.73 Å². The third kappa shape index (κ3) is 17.2. The van der Waals surface area contributed by atoms with Crippen LogP contribution in [0, 0.1) is 0 Å². The van der Waals surface area contributed by atoms with Crippen LogP contribution in [0.25, 0.3) is 0 Å². The van der Waals surface area contributed by atoms with Gasteiger partial charge in [0.25, 0.3) is 0 Å². The largest absolute Gasteiger partial charge is 0.370 e. The molecule has 1 amide bonds. The van der Waals surface area contributed by atoms with Crippen molar-refractivity contribution in [2.75, 3.05) is 0 Å². The van der Waals surface area contributed by atoms with Crippen molar-refractivity contribution in [2.45, 2.75) is 90.4 Å². The van der Waals surface area contributed by atoms with Gasteiger partial charge in [0.15, 0.2) is 0 Å². The lowest BCUT2D eigenvalue weighted by Gasteiger charge is -1.99. The molecule has 0 aromatic rings. The second-order valence-electron chi connectivity index (χ2n) is 5.45. The Bertz CT molecular complexity index is 223. The summed E-state index contributed by atoms with van der Waals surface area (Å²) in [6.07, 6.45) is 20.5. The Morgan fingerprint density at radius 2 is 1.26 bits per heavy atom. The van der Waals surface area contributed by atoms with Gasteiger partial charge < -0.3 is 5.73 Å². The predicted octanol–water partition coefficient (Wildman–Crippen LogP) is 5.12. The third-order valence-corrected chi connectivity index (χ3v) is 3.43. The molecular weight excluding hydrogens is 234 g/mol. The van der Waals surface area contributed by atoms with Crippen molar-refractivity contribution in [1.29, 1.82) is 0 Å². The molecule has 19 heavy (non-hydrogen) atoms. The number of hydrogen-bond donors (Lipinski definition) is 1. The fourth-order valence-electron chi connectivity index (χ4n) is 2.19. The average Bonchev–Trinajstić information content (AvgIpc) is 2.39. The lowest BCUT2D eigenvalue weighted by atomic mass is 10.1. The summed E-state index contributed by atoms with van der Waals surface area (Å²) in [6, 6.07) is 0. The Morgan fingerprint density at radius 1 is 0.789 bits per heavy atom. The summed E-state index contributed by atoms with van der Waals surface area (Å²) < 4.78 is 0. The number of unbranched alkanes of at least 4 members (excludes halogenated alkanes) is 10. The molecule has 0 fully saturated rings. The van der Waals surface area contributed by atoms with Crippen LogP contribution in [-0.2, 0) is 4.79 Å². The molecule has 0 rings (SSSR count). The van der Waals surface area contributed by atoms with Crippen molar-refractivity contribution in [3.8, 4) is 0 Å². The van der Waals surface area contributed by atoms with Crippen molar-refractivity contribution in [3.05, 3.63) is 12.2 Å². The summed E-state index contributed by atoms with van der Waals surface area (Å²) >= 11 is 0. The van der Waals surface area contributed by atoms with E-state index >= 15 is 0 Å². The Labute approximate surface area is 119 Å². The number of primary amides is 1.